The third kappa shape index (κ3) is 3.63. The van der Waals surface area contributed by atoms with Gasteiger partial charge in [-0.05, 0) is 24.3 Å². The molecular formula is C13H18N2O3. The van der Waals surface area contributed by atoms with Crippen LogP contribution in [0.4, 0.5) is 0 Å². The van der Waals surface area contributed by atoms with Crippen LogP contribution in [0.2, 0.25) is 0 Å². The zero-order valence-corrected chi connectivity index (χ0v) is 10.4. The molecule has 98 valence electrons. The van der Waals surface area contributed by atoms with E-state index in [1.807, 2.05) is 0 Å². The minimum Gasteiger partial charge on any atom is -0.497 e. The molecule has 2 N–H and O–H groups in total. The van der Waals surface area contributed by atoms with E-state index in [4.69, 9.17) is 9.47 Å². The van der Waals surface area contributed by atoms with E-state index in [1.165, 1.54) is 0 Å². The largest absolute Gasteiger partial charge is 0.497 e. The molecule has 1 aromatic carbocycles. The fourth-order valence-electron chi connectivity index (χ4n) is 1.62. The molecule has 2 rings (SSSR count). The van der Waals surface area contributed by atoms with Crippen LogP contribution in [0, 0.1) is 5.92 Å². The summed E-state index contributed by atoms with van der Waals surface area (Å²) in [4.78, 5) is 11.5. The van der Waals surface area contributed by atoms with E-state index in [-0.39, 0.29) is 12.5 Å². The number of benzene rings is 1. The summed E-state index contributed by atoms with van der Waals surface area (Å²) < 4.78 is 10.4. The first-order valence-electron chi connectivity index (χ1n) is 6.02. The van der Waals surface area contributed by atoms with Gasteiger partial charge in [-0.2, -0.15) is 0 Å². The Morgan fingerprint density at radius 3 is 2.56 bits per heavy atom. The van der Waals surface area contributed by atoms with E-state index >= 15 is 0 Å². The lowest BCUT2D eigenvalue weighted by molar-refractivity contribution is -0.123. The van der Waals surface area contributed by atoms with Crippen LogP contribution in [0.15, 0.2) is 24.3 Å². The zero-order valence-electron chi connectivity index (χ0n) is 10.4. The number of ether oxygens (including phenoxy) is 2. The highest BCUT2D eigenvalue weighted by molar-refractivity contribution is 5.77. The van der Waals surface area contributed by atoms with Gasteiger partial charge in [-0.15, -0.1) is 0 Å². The van der Waals surface area contributed by atoms with Crippen molar-refractivity contribution in [2.75, 3.05) is 33.4 Å². The second-order valence-corrected chi connectivity index (χ2v) is 4.29. The first-order chi connectivity index (χ1) is 8.78. The average Bonchev–Trinajstić information content (AvgIpc) is 2.35. The molecule has 5 heteroatoms. The van der Waals surface area contributed by atoms with Gasteiger partial charge in [-0.1, -0.05) is 0 Å². The van der Waals surface area contributed by atoms with E-state index in [9.17, 15) is 4.79 Å². The van der Waals surface area contributed by atoms with Crippen LogP contribution >= 0.6 is 0 Å². The first-order valence-corrected chi connectivity index (χ1v) is 6.02. The molecule has 18 heavy (non-hydrogen) atoms. The van der Waals surface area contributed by atoms with E-state index in [1.54, 1.807) is 31.4 Å². The summed E-state index contributed by atoms with van der Waals surface area (Å²) in [5.41, 5.74) is 0. The Bertz CT molecular complexity index is 388. The summed E-state index contributed by atoms with van der Waals surface area (Å²) in [6, 6.07) is 7.16. The Labute approximate surface area is 106 Å². The molecular weight excluding hydrogens is 232 g/mol. The highest BCUT2D eigenvalue weighted by atomic mass is 16.5. The third-order valence-electron chi connectivity index (χ3n) is 2.88. The van der Waals surface area contributed by atoms with Crippen molar-refractivity contribution in [2.24, 2.45) is 5.92 Å². The van der Waals surface area contributed by atoms with Crippen molar-refractivity contribution in [1.82, 2.24) is 10.6 Å². The molecule has 0 aromatic heterocycles. The Morgan fingerprint density at radius 2 is 2.00 bits per heavy atom. The van der Waals surface area contributed by atoms with Gasteiger partial charge in [-0.3, -0.25) is 4.79 Å². The van der Waals surface area contributed by atoms with Gasteiger partial charge in [0.1, 0.15) is 11.5 Å². The van der Waals surface area contributed by atoms with Gasteiger partial charge in [0.25, 0.3) is 5.91 Å². The van der Waals surface area contributed by atoms with Crippen molar-refractivity contribution in [3.05, 3.63) is 24.3 Å². The average molecular weight is 250 g/mol. The second-order valence-electron chi connectivity index (χ2n) is 4.29. The molecule has 1 aliphatic heterocycles. The van der Waals surface area contributed by atoms with E-state index < -0.39 is 0 Å². The number of hydrogen-bond donors (Lipinski definition) is 2. The lowest BCUT2D eigenvalue weighted by atomic mass is 10.0. The Morgan fingerprint density at radius 1 is 1.33 bits per heavy atom. The van der Waals surface area contributed by atoms with Gasteiger partial charge in [0.15, 0.2) is 6.61 Å². The topological polar surface area (TPSA) is 59.6 Å². The summed E-state index contributed by atoms with van der Waals surface area (Å²) >= 11 is 0. The Balaban J connectivity index is 1.67. The molecule has 5 nitrogen and oxygen atoms in total. The monoisotopic (exact) mass is 250 g/mol. The standard InChI is InChI=1S/C13H18N2O3/c1-17-11-2-4-12(5-3-11)18-9-13(16)15-8-10-6-14-7-10/h2-5,10,14H,6-9H2,1H3,(H,15,16). The Hall–Kier alpha value is -1.75. The maximum Gasteiger partial charge on any atom is 0.257 e. The molecule has 1 saturated heterocycles. The quantitative estimate of drug-likeness (QED) is 0.767. The van der Waals surface area contributed by atoms with Crippen LogP contribution < -0.4 is 20.1 Å². The number of carbonyl (C=O) groups excluding carboxylic acids is 1. The van der Waals surface area contributed by atoms with Gasteiger partial charge in [0.05, 0.1) is 7.11 Å². The van der Waals surface area contributed by atoms with Crippen LogP contribution in [-0.2, 0) is 4.79 Å². The van der Waals surface area contributed by atoms with Gasteiger partial charge in [0, 0.05) is 25.6 Å². The molecule has 0 saturated carbocycles. The van der Waals surface area contributed by atoms with Crippen LogP contribution in [-0.4, -0.2) is 39.3 Å². The number of carbonyl (C=O) groups is 1. The third-order valence-corrected chi connectivity index (χ3v) is 2.88. The van der Waals surface area contributed by atoms with Crippen molar-refractivity contribution in [3.8, 4) is 11.5 Å². The smallest absolute Gasteiger partial charge is 0.257 e. The minimum absolute atomic E-state index is 0.0481. The van der Waals surface area contributed by atoms with Gasteiger partial charge in [-0.25, -0.2) is 0 Å². The number of rotatable bonds is 6. The number of methoxy groups -OCH3 is 1. The van der Waals surface area contributed by atoms with Crippen LogP contribution in [0.25, 0.3) is 0 Å². The molecule has 1 fully saturated rings. The zero-order chi connectivity index (χ0) is 12.8. The summed E-state index contributed by atoms with van der Waals surface area (Å²) in [7, 11) is 1.61. The molecule has 1 heterocycles. The SMILES string of the molecule is COc1ccc(OCC(=O)NCC2CNC2)cc1. The van der Waals surface area contributed by atoms with Crippen molar-refractivity contribution >= 4 is 5.91 Å². The molecule has 0 spiro atoms. The van der Waals surface area contributed by atoms with E-state index in [2.05, 4.69) is 10.6 Å². The lowest BCUT2D eigenvalue weighted by Crippen LogP contribution is -2.48. The van der Waals surface area contributed by atoms with Crippen molar-refractivity contribution in [2.45, 2.75) is 0 Å². The van der Waals surface area contributed by atoms with E-state index in [0.29, 0.717) is 11.7 Å². The van der Waals surface area contributed by atoms with Crippen molar-refractivity contribution in [3.63, 3.8) is 0 Å². The van der Waals surface area contributed by atoms with Crippen molar-refractivity contribution in [1.29, 1.82) is 0 Å². The minimum atomic E-state index is -0.0854. The molecule has 1 aromatic rings. The first kappa shape index (κ1) is 12.7. The van der Waals surface area contributed by atoms with Crippen LogP contribution in [0.3, 0.4) is 0 Å². The summed E-state index contributed by atoms with van der Waals surface area (Å²) in [5, 5.41) is 6.01. The summed E-state index contributed by atoms with van der Waals surface area (Å²) in [5.74, 6) is 1.91. The predicted octanol–water partition coefficient (Wildman–Crippen LogP) is 0.410. The molecule has 1 aliphatic rings. The van der Waals surface area contributed by atoms with Crippen molar-refractivity contribution < 1.29 is 14.3 Å². The molecule has 0 radical (unpaired) electrons. The van der Waals surface area contributed by atoms with Gasteiger partial charge < -0.3 is 20.1 Å². The number of hydrogen-bond acceptors (Lipinski definition) is 4. The second kappa shape index (κ2) is 6.26. The summed E-state index contributed by atoms with van der Waals surface area (Å²) in [6.45, 7) is 2.74. The predicted molar refractivity (Wildman–Crippen MR) is 67.9 cm³/mol. The Kier molecular flexibility index (Phi) is 4.41. The fraction of sp³-hybridized carbons (Fsp3) is 0.462. The van der Waals surface area contributed by atoms with Crippen LogP contribution in [0.1, 0.15) is 0 Å². The normalized spacial score (nSPS) is 14.7. The molecule has 0 atom stereocenters. The van der Waals surface area contributed by atoms with Gasteiger partial charge in [0.2, 0.25) is 0 Å². The molecule has 1 amide bonds. The summed E-state index contributed by atoms with van der Waals surface area (Å²) in [6.07, 6.45) is 0. The maximum absolute atomic E-state index is 11.5. The highest BCUT2D eigenvalue weighted by Crippen LogP contribution is 2.16. The molecule has 0 aliphatic carbocycles. The maximum atomic E-state index is 11.5. The highest BCUT2D eigenvalue weighted by Gasteiger charge is 2.17. The van der Waals surface area contributed by atoms with Crippen LogP contribution in [0.5, 0.6) is 11.5 Å². The number of nitrogens with one attached hydrogen (secondary N) is 2. The number of amides is 1. The van der Waals surface area contributed by atoms with E-state index in [0.717, 1.165) is 25.4 Å². The lowest BCUT2D eigenvalue weighted by Gasteiger charge is -2.27. The molecule has 0 bridgehead atoms. The van der Waals surface area contributed by atoms with Gasteiger partial charge >= 0.3 is 0 Å². The molecule has 0 unspecified atom stereocenters. The fourth-order valence-corrected chi connectivity index (χ4v) is 1.62.